The van der Waals surface area contributed by atoms with Gasteiger partial charge in [-0.1, -0.05) is 15.9 Å². The maximum atomic E-state index is 12.7. The first kappa shape index (κ1) is 13.1. The summed E-state index contributed by atoms with van der Waals surface area (Å²) in [7, 11) is -4.83. The highest BCUT2D eigenvalue weighted by atomic mass is 79.9. The molecule has 0 N–H and O–H groups in total. The number of ether oxygens (including phenoxy) is 1. The van der Waals surface area contributed by atoms with Gasteiger partial charge in [0.25, 0.3) is 0 Å². The van der Waals surface area contributed by atoms with Crippen molar-refractivity contribution in [1.29, 1.82) is 0 Å². The summed E-state index contributed by atoms with van der Waals surface area (Å²) in [5.74, 6) is -0.700. The van der Waals surface area contributed by atoms with Crippen LogP contribution < -0.4 is 0 Å². The molecule has 0 aliphatic rings. The molecule has 0 unspecified atom stereocenters. The topological polar surface area (TPSA) is 60.4 Å². The summed E-state index contributed by atoms with van der Waals surface area (Å²) in [4.78, 5) is 10.7. The van der Waals surface area contributed by atoms with E-state index in [-0.39, 0.29) is 16.6 Å². The van der Waals surface area contributed by atoms with E-state index in [9.17, 15) is 17.1 Å². The summed E-state index contributed by atoms with van der Waals surface area (Å²) in [5.41, 5.74) is -0.0209. The Morgan fingerprint density at radius 1 is 1.44 bits per heavy atom. The first-order valence-corrected chi connectivity index (χ1v) is 6.44. The molecule has 0 saturated heterocycles. The fourth-order valence-electron chi connectivity index (χ4n) is 1.04. The molecule has 1 aromatic rings. The summed E-state index contributed by atoms with van der Waals surface area (Å²) in [6.07, 6.45) is 0. The number of carbonyl (C=O) groups is 1. The summed E-state index contributed by atoms with van der Waals surface area (Å²) < 4.78 is 39.0. The summed E-state index contributed by atoms with van der Waals surface area (Å²) >= 11 is 2.99. The molecule has 0 amide bonds. The van der Waals surface area contributed by atoms with Gasteiger partial charge in [-0.15, -0.1) is 3.89 Å². The van der Waals surface area contributed by atoms with Gasteiger partial charge in [-0.05, 0) is 25.1 Å². The molecule has 0 spiro atoms. The van der Waals surface area contributed by atoms with Gasteiger partial charge in [0.05, 0.1) is 12.2 Å². The van der Waals surface area contributed by atoms with E-state index in [0.717, 1.165) is 12.1 Å². The first-order chi connectivity index (χ1) is 7.34. The van der Waals surface area contributed by atoms with Crippen LogP contribution in [0, 0.1) is 0 Å². The van der Waals surface area contributed by atoms with Crippen molar-refractivity contribution >= 4 is 32.1 Å². The summed E-state index contributed by atoms with van der Waals surface area (Å²) in [6.45, 7) is 1.77. The average molecular weight is 311 g/mol. The van der Waals surface area contributed by atoms with E-state index in [2.05, 4.69) is 20.7 Å². The van der Waals surface area contributed by atoms with Crippen molar-refractivity contribution in [1.82, 2.24) is 0 Å². The lowest BCUT2D eigenvalue weighted by molar-refractivity contribution is 0.0526. The van der Waals surface area contributed by atoms with Crippen LogP contribution in [0.4, 0.5) is 3.89 Å². The Bertz CT molecular complexity index is 512. The Morgan fingerprint density at radius 2 is 2.06 bits per heavy atom. The van der Waals surface area contributed by atoms with E-state index in [4.69, 9.17) is 0 Å². The van der Waals surface area contributed by atoms with Crippen LogP contribution in [-0.2, 0) is 15.0 Å². The van der Waals surface area contributed by atoms with Crippen LogP contribution in [-0.4, -0.2) is 21.0 Å². The number of hydrogen-bond acceptors (Lipinski definition) is 4. The quantitative estimate of drug-likeness (QED) is 0.635. The predicted octanol–water partition coefficient (Wildman–Crippen LogP) is 2.28. The van der Waals surface area contributed by atoms with Crippen LogP contribution in [0.1, 0.15) is 17.3 Å². The Hall–Kier alpha value is -0.950. The zero-order valence-electron chi connectivity index (χ0n) is 8.24. The SMILES string of the molecule is CCOC(=O)c1cc(Br)cc(S(=O)(=O)F)c1. The van der Waals surface area contributed by atoms with Gasteiger partial charge in [0.1, 0.15) is 4.90 Å². The number of benzene rings is 1. The van der Waals surface area contributed by atoms with Crippen molar-refractivity contribution in [2.24, 2.45) is 0 Å². The number of rotatable bonds is 3. The zero-order valence-corrected chi connectivity index (χ0v) is 10.6. The first-order valence-electron chi connectivity index (χ1n) is 4.27. The highest BCUT2D eigenvalue weighted by Gasteiger charge is 2.16. The third-order valence-corrected chi connectivity index (χ3v) is 2.92. The van der Waals surface area contributed by atoms with Gasteiger partial charge in [0, 0.05) is 4.47 Å². The minimum absolute atomic E-state index is 0.0209. The standard InChI is InChI=1S/C9H8BrFO4S/c1-2-15-9(12)6-3-7(10)5-8(4-6)16(11,13)14/h3-5H,2H2,1H3. The second kappa shape index (κ2) is 4.92. The van der Waals surface area contributed by atoms with Crippen molar-refractivity contribution in [3.63, 3.8) is 0 Å². The molecule has 4 nitrogen and oxygen atoms in total. The molecule has 0 aromatic heterocycles. The molecular formula is C9H8BrFO4S. The fraction of sp³-hybridized carbons (Fsp3) is 0.222. The lowest BCUT2D eigenvalue weighted by atomic mass is 10.2. The molecule has 0 saturated carbocycles. The molecule has 0 radical (unpaired) electrons. The molecule has 0 fully saturated rings. The van der Waals surface area contributed by atoms with Crippen LogP contribution in [0.5, 0.6) is 0 Å². The second-order valence-corrected chi connectivity index (χ2v) is 5.10. The number of hydrogen-bond donors (Lipinski definition) is 0. The molecule has 16 heavy (non-hydrogen) atoms. The normalized spacial score (nSPS) is 11.2. The van der Waals surface area contributed by atoms with Gasteiger partial charge < -0.3 is 4.74 Å². The Morgan fingerprint density at radius 3 is 2.56 bits per heavy atom. The molecule has 0 heterocycles. The molecule has 0 aliphatic heterocycles. The number of carbonyl (C=O) groups excluding carboxylic acids is 1. The highest BCUT2D eigenvalue weighted by Crippen LogP contribution is 2.21. The van der Waals surface area contributed by atoms with E-state index >= 15 is 0 Å². The Labute approximate surface area is 101 Å². The van der Waals surface area contributed by atoms with Crippen molar-refractivity contribution in [3.8, 4) is 0 Å². The average Bonchev–Trinajstić information content (AvgIpc) is 2.16. The molecular weight excluding hydrogens is 303 g/mol. The van der Waals surface area contributed by atoms with Gasteiger partial charge in [0.2, 0.25) is 0 Å². The van der Waals surface area contributed by atoms with Gasteiger partial charge in [-0.2, -0.15) is 8.42 Å². The van der Waals surface area contributed by atoms with Crippen LogP contribution in [0.15, 0.2) is 27.6 Å². The third kappa shape index (κ3) is 3.28. The van der Waals surface area contributed by atoms with Crippen LogP contribution in [0.3, 0.4) is 0 Å². The maximum absolute atomic E-state index is 12.7. The second-order valence-electron chi connectivity index (χ2n) is 2.83. The van der Waals surface area contributed by atoms with Crippen LogP contribution in [0.25, 0.3) is 0 Å². The van der Waals surface area contributed by atoms with Crippen LogP contribution >= 0.6 is 15.9 Å². The van der Waals surface area contributed by atoms with E-state index in [1.165, 1.54) is 6.07 Å². The van der Waals surface area contributed by atoms with Gasteiger partial charge in [0.15, 0.2) is 0 Å². The minimum Gasteiger partial charge on any atom is -0.462 e. The smallest absolute Gasteiger partial charge is 0.338 e. The lowest BCUT2D eigenvalue weighted by Crippen LogP contribution is -2.06. The van der Waals surface area contributed by atoms with Crippen molar-refractivity contribution in [2.75, 3.05) is 6.61 Å². The van der Waals surface area contributed by atoms with E-state index in [0.29, 0.717) is 0 Å². The van der Waals surface area contributed by atoms with Crippen molar-refractivity contribution in [3.05, 3.63) is 28.2 Å². The Kier molecular flexibility index (Phi) is 4.03. The van der Waals surface area contributed by atoms with Crippen molar-refractivity contribution < 1.29 is 21.8 Å². The minimum atomic E-state index is -4.83. The predicted molar refractivity (Wildman–Crippen MR) is 58.4 cm³/mol. The van der Waals surface area contributed by atoms with E-state index in [1.54, 1.807) is 6.92 Å². The monoisotopic (exact) mass is 310 g/mol. The van der Waals surface area contributed by atoms with Crippen molar-refractivity contribution in [2.45, 2.75) is 11.8 Å². The number of esters is 1. The molecule has 88 valence electrons. The Balaban J connectivity index is 3.24. The largest absolute Gasteiger partial charge is 0.462 e. The molecule has 0 aliphatic carbocycles. The molecule has 0 atom stereocenters. The van der Waals surface area contributed by atoms with Crippen LogP contribution in [0.2, 0.25) is 0 Å². The molecule has 1 rings (SSSR count). The maximum Gasteiger partial charge on any atom is 0.338 e. The molecule has 7 heteroatoms. The summed E-state index contributed by atoms with van der Waals surface area (Å²) in [5, 5.41) is 0. The van der Waals surface area contributed by atoms with E-state index in [1.807, 2.05) is 0 Å². The number of halogens is 2. The molecule has 1 aromatic carbocycles. The van der Waals surface area contributed by atoms with Gasteiger partial charge >= 0.3 is 16.2 Å². The highest BCUT2D eigenvalue weighted by molar-refractivity contribution is 9.10. The van der Waals surface area contributed by atoms with Gasteiger partial charge in [-0.25, -0.2) is 4.79 Å². The lowest BCUT2D eigenvalue weighted by Gasteiger charge is -2.03. The summed E-state index contributed by atoms with van der Waals surface area (Å²) in [6, 6.07) is 3.35. The fourth-order valence-corrected chi connectivity index (χ4v) is 2.22. The third-order valence-electron chi connectivity index (χ3n) is 1.66. The zero-order chi connectivity index (χ0) is 12.3. The van der Waals surface area contributed by atoms with E-state index < -0.39 is 21.1 Å². The molecule has 0 bridgehead atoms. The van der Waals surface area contributed by atoms with Gasteiger partial charge in [-0.3, -0.25) is 0 Å².